The Balaban J connectivity index is 1.39. The number of hydrogen-bond acceptors (Lipinski definition) is 7. The van der Waals surface area contributed by atoms with E-state index < -0.39 is 0 Å². The van der Waals surface area contributed by atoms with Crippen LogP contribution >= 0.6 is 34.3 Å². The molecule has 22 heavy (non-hydrogen) atoms. The van der Waals surface area contributed by atoms with Crippen LogP contribution in [0.3, 0.4) is 0 Å². The predicted octanol–water partition coefficient (Wildman–Crippen LogP) is 2.67. The predicted molar refractivity (Wildman–Crippen MR) is 85.1 cm³/mol. The van der Waals surface area contributed by atoms with E-state index in [-0.39, 0.29) is 11.9 Å². The zero-order valence-corrected chi connectivity index (χ0v) is 13.8. The van der Waals surface area contributed by atoms with Crippen LogP contribution in [0, 0.1) is 0 Å². The fourth-order valence-electron chi connectivity index (χ4n) is 3.04. The van der Waals surface area contributed by atoms with Gasteiger partial charge in [0.15, 0.2) is 5.06 Å². The van der Waals surface area contributed by atoms with Gasteiger partial charge in [0.1, 0.15) is 0 Å². The summed E-state index contributed by atoms with van der Waals surface area (Å²) in [5.41, 5.74) is 0. The Morgan fingerprint density at radius 3 is 2.95 bits per heavy atom. The lowest BCUT2D eigenvalue weighted by Crippen LogP contribution is -2.42. The molecule has 2 aromatic rings. The average Bonchev–Trinajstić information content (AvgIpc) is 3.24. The highest BCUT2D eigenvalue weighted by atomic mass is 35.5. The number of aromatic nitrogens is 2. The van der Waals surface area contributed by atoms with E-state index in [1.807, 2.05) is 0 Å². The van der Waals surface area contributed by atoms with Crippen molar-refractivity contribution >= 4 is 40.2 Å². The Bertz CT molecular complexity index is 704. The van der Waals surface area contributed by atoms with Gasteiger partial charge in [-0.15, -0.1) is 5.10 Å². The van der Waals surface area contributed by atoms with Crippen molar-refractivity contribution in [3.8, 4) is 10.3 Å². The van der Waals surface area contributed by atoms with Crippen molar-refractivity contribution in [2.45, 2.75) is 37.4 Å². The quantitative estimate of drug-likeness (QED) is 0.880. The molecule has 2 fully saturated rings. The minimum atomic E-state index is -0.0468. The Labute approximate surface area is 139 Å². The molecule has 3 atom stereocenters. The highest BCUT2D eigenvalue weighted by molar-refractivity contribution is 7.17. The van der Waals surface area contributed by atoms with Gasteiger partial charge in [-0.3, -0.25) is 4.79 Å². The highest BCUT2D eigenvalue weighted by Crippen LogP contribution is 2.33. The van der Waals surface area contributed by atoms with E-state index in [1.165, 1.54) is 17.8 Å². The molecule has 0 radical (unpaired) electrons. The Morgan fingerprint density at radius 2 is 2.27 bits per heavy atom. The first-order valence-corrected chi connectivity index (χ1v) is 9.02. The van der Waals surface area contributed by atoms with Gasteiger partial charge in [-0.2, -0.15) is 0 Å². The van der Waals surface area contributed by atoms with Crippen molar-refractivity contribution < 1.29 is 9.53 Å². The molecule has 2 N–H and O–H groups in total. The monoisotopic (exact) mass is 356 g/mol. The van der Waals surface area contributed by atoms with Gasteiger partial charge in [0, 0.05) is 18.1 Å². The molecule has 1 amide bonds. The lowest BCUT2D eigenvalue weighted by molar-refractivity contribution is 0.0935. The summed E-state index contributed by atoms with van der Waals surface area (Å²) in [7, 11) is 0. The zero-order chi connectivity index (χ0) is 15.1. The third kappa shape index (κ3) is 2.83. The van der Waals surface area contributed by atoms with Crippen LogP contribution in [0.5, 0.6) is 10.3 Å². The van der Waals surface area contributed by atoms with Gasteiger partial charge in [-0.25, -0.2) is 0 Å². The van der Waals surface area contributed by atoms with Crippen LogP contribution in [-0.2, 0) is 0 Å². The smallest absolute Gasteiger partial charge is 0.301 e. The molecule has 4 heterocycles. The number of carbonyl (C=O) groups excluding carboxylic acids is 1. The molecule has 3 unspecified atom stereocenters. The lowest BCUT2D eigenvalue weighted by atomic mass is 9.95. The minimum absolute atomic E-state index is 0.0468. The van der Waals surface area contributed by atoms with Crippen molar-refractivity contribution in [3.63, 3.8) is 0 Å². The lowest BCUT2D eigenvalue weighted by Gasteiger charge is -2.20. The van der Waals surface area contributed by atoms with E-state index in [4.69, 9.17) is 16.3 Å². The Morgan fingerprint density at radius 1 is 1.36 bits per heavy atom. The topological polar surface area (TPSA) is 76.1 Å². The number of fused-ring (bicyclic) bond motifs is 2. The van der Waals surface area contributed by atoms with Crippen molar-refractivity contribution in [3.05, 3.63) is 21.5 Å². The first-order chi connectivity index (χ1) is 10.7. The van der Waals surface area contributed by atoms with E-state index in [0.29, 0.717) is 31.7 Å². The molecule has 6 nitrogen and oxygen atoms in total. The van der Waals surface area contributed by atoms with Crippen molar-refractivity contribution in [1.82, 2.24) is 20.8 Å². The van der Waals surface area contributed by atoms with Gasteiger partial charge in [0.2, 0.25) is 4.47 Å². The molecular weight excluding hydrogens is 344 g/mol. The van der Waals surface area contributed by atoms with E-state index >= 15 is 0 Å². The summed E-state index contributed by atoms with van der Waals surface area (Å²) in [5, 5.41) is 15.1. The van der Waals surface area contributed by atoms with E-state index in [9.17, 15) is 4.79 Å². The van der Waals surface area contributed by atoms with Gasteiger partial charge in [0.05, 0.1) is 4.88 Å². The number of thiophene rings is 1. The van der Waals surface area contributed by atoms with Crippen molar-refractivity contribution in [2.75, 3.05) is 0 Å². The second-order valence-electron chi connectivity index (χ2n) is 5.40. The number of amides is 1. The molecule has 2 saturated heterocycles. The number of hydrogen-bond donors (Lipinski definition) is 2. The molecule has 2 aliphatic heterocycles. The maximum Gasteiger partial charge on any atom is 0.301 e. The summed E-state index contributed by atoms with van der Waals surface area (Å²) in [6.07, 6.45) is 3.39. The van der Waals surface area contributed by atoms with E-state index in [2.05, 4.69) is 20.8 Å². The molecule has 0 aliphatic carbocycles. The summed E-state index contributed by atoms with van der Waals surface area (Å²) in [6.45, 7) is 0. The van der Waals surface area contributed by atoms with Gasteiger partial charge in [-0.1, -0.05) is 16.4 Å². The van der Waals surface area contributed by atoms with Crippen molar-refractivity contribution in [1.29, 1.82) is 0 Å². The Hall–Kier alpha value is -1.22. The summed E-state index contributed by atoms with van der Waals surface area (Å²) >= 11 is 8.15. The number of halogens is 1. The molecule has 116 valence electrons. The maximum atomic E-state index is 12.3. The van der Waals surface area contributed by atoms with Gasteiger partial charge in [-0.05, 0) is 54.3 Å². The SMILES string of the molecule is O=C(NC1CC2CCC1N2)c1ccc(Oc2nnc(Cl)s2)s1. The number of ether oxygens (including phenoxy) is 1. The van der Waals surface area contributed by atoms with E-state index in [0.717, 1.165) is 24.2 Å². The van der Waals surface area contributed by atoms with Crippen LogP contribution in [0.1, 0.15) is 28.9 Å². The number of rotatable bonds is 4. The maximum absolute atomic E-state index is 12.3. The fraction of sp³-hybridized carbons (Fsp3) is 0.462. The molecule has 2 bridgehead atoms. The third-order valence-corrected chi connectivity index (χ3v) is 5.85. The normalized spacial score (nSPS) is 26.3. The second-order valence-corrected chi connectivity index (χ2v) is 7.97. The number of nitrogens with one attached hydrogen (secondary N) is 2. The number of nitrogens with zero attached hydrogens (tertiary/aromatic N) is 2. The van der Waals surface area contributed by atoms with Gasteiger partial charge in [0.25, 0.3) is 5.91 Å². The Kier molecular flexibility index (Phi) is 3.77. The molecule has 2 aliphatic rings. The number of carbonyl (C=O) groups is 1. The van der Waals surface area contributed by atoms with Crippen LogP contribution in [0.15, 0.2) is 12.1 Å². The third-order valence-electron chi connectivity index (χ3n) is 3.99. The molecule has 0 spiro atoms. The average molecular weight is 357 g/mol. The summed E-state index contributed by atoms with van der Waals surface area (Å²) < 4.78 is 5.86. The van der Waals surface area contributed by atoms with Gasteiger partial charge >= 0.3 is 5.19 Å². The molecule has 9 heteroatoms. The molecule has 4 rings (SSSR count). The van der Waals surface area contributed by atoms with E-state index in [1.54, 1.807) is 12.1 Å². The molecule has 0 saturated carbocycles. The summed E-state index contributed by atoms with van der Waals surface area (Å²) in [4.78, 5) is 12.9. The van der Waals surface area contributed by atoms with Crippen LogP contribution in [0.4, 0.5) is 0 Å². The summed E-state index contributed by atoms with van der Waals surface area (Å²) in [5.74, 6) is -0.0468. The van der Waals surface area contributed by atoms with Crippen LogP contribution in [-0.4, -0.2) is 34.2 Å². The molecule has 0 aromatic carbocycles. The largest absolute Gasteiger partial charge is 0.419 e. The first-order valence-electron chi connectivity index (χ1n) is 7.01. The minimum Gasteiger partial charge on any atom is -0.419 e. The van der Waals surface area contributed by atoms with Gasteiger partial charge < -0.3 is 15.4 Å². The zero-order valence-electron chi connectivity index (χ0n) is 11.4. The molecular formula is C13H13ClN4O2S2. The standard InChI is InChI=1S/C13H13ClN4O2S2/c14-12-17-18-13(22-12)20-10-4-3-9(21-10)11(19)16-8-5-6-1-2-7(8)15-6/h3-4,6-8,15H,1-2,5H2,(H,16,19). The second kappa shape index (κ2) is 5.77. The fourth-order valence-corrected chi connectivity index (χ4v) is 4.53. The van der Waals surface area contributed by atoms with Crippen LogP contribution < -0.4 is 15.4 Å². The highest BCUT2D eigenvalue weighted by Gasteiger charge is 2.39. The first kappa shape index (κ1) is 14.4. The summed E-state index contributed by atoms with van der Waals surface area (Å²) in [6, 6.07) is 4.75. The van der Waals surface area contributed by atoms with Crippen LogP contribution in [0.25, 0.3) is 0 Å². The van der Waals surface area contributed by atoms with Crippen molar-refractivity contribution in [2.24, 2.45) is 0 Å². The van der Waals surface area contributed by atoms with Crippen LogP contribution in [0.2, 0.25) is 4.47 Å². The molecule has 2 aromatic heterocycles.